The number of nitrogens with zero attached hydrogens (tertiary/aromatic N) is 1. The Kier molecular flexibility index (Phi) is 5.19. The molecule has 0 aromatic heterocycles. The summed E-state index contributed by atoms with van der Waals surface area (Å²) in [6.07, 6.45) is 0.604. The number of hydrogen-bond donors (Lipinski definition) is 2. The van der Waals surface area contributed by atoms with Crippen molar-refractivity contribution in [1.29, 1.82) is 0 Å². The molecule has 1 heterocycles. The van der Waals surface area contributed by atoms with Crippen molar-refractivity contribution in [1.82, 2.24) is 10.4 Å². The van der Waals surface area contributed by atoms with E-state index in [-0.39, 0.29) is 5.91 Å². The van der Waals surface area contributed by atoms with Crippen LogP contribution in [0.15, 0.2) is 48.5 Å². The molecule has 6 nitrogen and oxygen atoms in total. The van der Waals surface area contributed by atoms with Gasteiger partial charge in [0.25, 0.3) is 5.91 Å². The second kappa shape index (κ2) is 7.40. The Bertz CT molecular complexity index is 832. The summed E-state index contributed by atoms with van der Waals surface area (Å²) in [6.45, 7) is 5.97. The fourth-order valence-corrected chi connectivity index (χ4v) is 3.38. The first-order valence-electron chi connectivity index (χ1n) is 8.95. The lowest BCUT2D eigenvalue weighted by molar-refractivity contribution is -0.143. The maximum absolute atomic E-state index is 12.9. The molecule has 1 saturated heterocycles. The highest BCUT2D eigenvalue weighted by Gasteiger charge is 2.46. The van der Waals surface area contributed by atoms with E-state index in [0.717, 1.165) is 11.3 Å². The van der Waals surface area contributed by atoms with Gasteiger partial charge in [-0.2, -0.15) is 0 Å². The van der Waals surface area contributed by atoms with Gasteiger partial charge in [0.15, 0.2) is 0 Å². The van der Waals surface area contributed by atoms with Gasteiger partial charge in [0, 0.05) is 6.54 Å². The zero-order chi connectivity index (χ0) is 19.6. The molecular formula is C21H24N2O4. The molecule has 142 valence electrons. The molecule has 2 unspecified atom stereocenters. The Hall–Kier alpha value is -2.86. The van der Waals surface area contributed by atoms with Crippen molar-refractivity contribution < 1.29 is 19.5 Å². The lowest BCUT2D eigenvalue weighted by atomic mass is 9.81. The van der Waals surface area contributed by atoms with Crippen molar-refractivity contribution in [3.8, 4) is 11.5 Å². The first-order chi connectivity index (χ1) is 12.8. The third-order valence-electron chi connectivity index (χ3n) is 5.29. The van der Waals surface area contributed by atoms with Gasteiger partial charge in [0.05, 0.1) is 5.41 Å². The highest BCUT2D eigenvalue weighted by molar-refractivity contribution is 5.94. The van der Waals surface area contributed by atoms with E-state index in [1.165, 1.54) is 10.5 Å². The standard InChI is InChI=1S/C21H24N2O4/c1-14-4-8-17(9-5-14)27-18-10-6-16(7-11-18)21(3)12-13-23(20(21)25)15(2)19(24)22-26/h4-11,15,26H,12-13H2,1-3H3,(H,22,24). The minimum absolute atomic E-state index is 0.120. The topological polar surface area (TPSA) is 78.9 Å². The average molecular weight is 368 g/mol. The predicted octanol–water partition coefficient (Wildman–Crippen LogP) is 3.17. The first kappa shape index (κ1) is 18.9. The van der Waals surface area contributed by atoms with Gasteiger partial charge in [-0.15, -0.1) is 0 Å². The lowest BCUT2D eigenvalue weighted by Crippen LogP contribution is -2.47. The molecule has 1 fully saturated rings. The number of rotatable bonds is 5. The van der Waals surface area contributed by atoms with Gasteiger partial charge in [-0.1, -0.05) is 29.8 Å². The molecule has 0 radical (unpaired) electrons. The van der Waals surface area contributed by atoms with E-state index in [0.29, 0.717) is 18.7 Å². The summed E-state index contributed by atoms with van der Waals surface area (Å²) in [5.41, 5.74) is 2.96. The summed E-state index contributed by atoms with van der Waals surface area (Å²) in [5.74, 6) is 0.744. The summed E-state index contributed by atoms with van der Waals surface area (Å²) >= 11 is 0. The average Bonchev–Trinajstić information content (AvgIpc) is 2.99. The van der Waals surface area contributed by atoms with Crippen LogP contribution in [0.25, 0.3) is 0 Å². The van der Waals surface area contributed by atoms with Crippen LogP contribution in [0.2, 0.25) is 0 Å². The normalized spacial score (nSPS) is 20.4. The van der Waals surface area contributed by atoms with Crippen LogP contribution in [-0.4, -0.2) is 34.5 Å². The number of carbonyl (C=O) groups excluding carboxylic acids is 2. The summed E-state index contributed by atoms with van der Waals surface area (Å²) in [7, 11) is 0. The molecule has 3 rings (SSSR count). The van der Waals surface area contributed by atoms with Gasteiger partial charge in [-0.05, 0) is 57.0 Å². The summed E-state index contributed by atoms with van der Waals surface area (Å²) in [4.78, 5) is 26.1. The third-order valence-corrected chi connectivity index (χ3v) is 5.29. The van der Waals surface area contributed by atoms with E-state index in [2.05, 4.69) is 0 Å². The monoisotopic (exact) mass is 368 g/mol. The molecule has 1 aliphatic rings. The number of nitrogens with one attached hydrogen (secondary N) is 1. The molecule has 2 aromatic rings. The fraction of sp³-hybridized carbons (Fsp3) is 0.333. The Balaban J connectivity index is 1.75. The molecule has 2 atom stereocenters. The number of benzene rings is 2. The molecule has 6 heteroatoms. The van der Waals surface area contributed by atoms with Crippen LogP contribution in [0.3, 0.4) is 0 Å². The maximum atomic E-state index is 12.9. The SMILES string of the molecule is Cc1ccc(Oc2ccc(C3(C)CCN(C(C)C(=O)NO)C3=O)cc2)cc1. The molecule has 0 spiro atoms. The number of hydrogen-bond acceptors (Lipinski definition) is 4. The largest absolute Gasteiger partial charge is 0.457 e. The van der Waals surface area contributed by atoms with Gasteiger partial charge in [-0.3, -0.25) is 14.8 Å². The van der Waals surface area contributed by atoms with Gasteiger partial charge in [0.2, 0.25) is 5.91 Å². The zero-order valence-corrected chi connectivity index (χ0v) is 15.7. The van der Waals surface area contributed by atoms with Crippen LogP contribution in [-0.2, 0) is 15.0 Å². The number of likely N-dealkylation sites (tertiary alicyclic amines) is 1. The van der Waals surface area contributed by atoms with Gasteiger partial charge in [-0.25, -0.2) is 5.48 Å². The van der Waals surface area contributed by atoms with Crippen molar-refractivity contribution in [2.45, 2.75) is 38.6 Å². The Morgan fingerprint density at radius 2 is 1.70 bits per heavy atom. The van der Waals surface area contributed by atoms with Crippen molar-refractivity contribution in [2.75, 3.05) is 6.54 Å². The quantitative estimate of drug-likeness (QED) is 0.628. The third kappa shape index (κ3) is 3.66. The van der Waals surface area contributed by atoms with Gasteiger partial charge >= 0.3 is 0 Å². The predicted molar refractivity (Wildman–Crippen MR) is 101 cm³/mol. The second-order valence-corrected chi connectivity index (χ2v) is 7.17. The number of ether oxygens (including phenoxy) is 1. The molecule has 1 aliphatic heterocycles. The van der Waals surface area contributed by atoms with Gasteiger partial charge in [0.1, 0.15) is 17.5 Å². The van der Waals surface area contributed by atoms with E-state index < -0.39 is 17.4 Å². The number of amides is 2. The van der Waals surface area contributed by atoms with Crippen molar-refractivity contribution in [3.63, 3.8) is 0 Å². The van der Waals surface area contributed by atoms with E-state index in [9.17, 15) is 9.59 Å². The highest BCUT2D eigenvalue weighted by atomic mass is 16.5. The molecule has 27 heavy (non-hydrogen) atoms. The number of aryl methyl sites for hydroxylation is 1. The van der Waals surface area contributed by atoms with E-state index in [1.54, 1.807) is 12.4 Å². The summed E-state index contributed by atoms with van der Waals surface area (Å²) in [6, 6.07) is 14.6. The van der Waals surface area contributed by atoms with Gasteiger partial charge < -0.3 is 9.64 Å². The molecule has 0 aliphatic carbocycles. The fourth-order valence-electron chi connectivity index (χ4n) is 3.38. The second-order valence-electron chi connectivity index (χ2n) is 7.17. The molecule has 2 aromatic carbocycles. The summed E-state index contributed by atoms with van der Waals surface area (Å²) in [5, 5.41) is 8.81. The zero-order valence-electron chi connectivity index (χ0n) is 15.7. The molecule has 2 amide bonds. The van der Waals surface area contributed by atoms with E-state index in [4.69, 9.17) is 9.94 Å². The Morgan fingerprint density at radius 3 is 2.26 bits per heavy atom. The van der Waals surface area contributed by atoms with Crippen molar-refractivity contribution in [3.05, 3.63) is 59.7 Å². The summed E-state index contributed by atoms with van der Waals surface area (Å²) < 4.78 is 5.84. The minimum Gasteiger partial charge on any atom is -0.457 e. The number of carbonyl (C=O) groups is 2. The smallest absolute Gasteiger partial charge is 0.265 e. The lowest BCUT2D eigenvalue weighted by Gasteiger charge is -2.27. The maximum Gasteiger partial charge on any atom is 0.265 e. The van der Waals surface area contributed by atoms with Crippen molar-refractivity contribution >= 4 is 11.8 Å². The van der Waals surface area contributed by atoms with Crippen LogP contribution in [0.1, 0.15) is 31.4 Å². The Labute approximate surface area is 158 Å². The highest BCUT2D eigenvalue weighted by Crippen LogP contribution is 2.37. The van der Waals surface area contributed by atoms with Crippen LogP contribution >= 0.6 is 0 Å². The molecule has 2 N–H and O–H groups in total. The van der Waals surface area contributed by atoms with Crippen LogP contribution in [0.4, 0.5) is 0 Å². The molecule has 0 saturated carbocycles. The van der Waals surface area contributed by atoms with E-state index >= 15 is 0 Å². The number of hydroxylamine groups is 1. The van der Waals surface area contributed by atoms with Crippen LogP contribution < -0.4 is 10.2 Å². The minimum atomic E-state index is -0.714. The molecular weight excluding hydrogens is 344 g/mol. The van der Waals surface area contributed by atoms with E-state index in [1.807, 2.05) is 62.4 Å². The Morgan fingerprint density at radius 1 is 1.15 bits per heavy atom. The van der Waals surface area contributed by atoms with Crippen LogP contribution in [0.5, 0.6) is 11.5 Å². The molecule has 0 bridgehead atoms. The van der Waals surface area contributed by atoms with Crippen LogP contribution in [0, 0.1) is 6.92 Å². The van der Waals surface area contributed by atoms with Crippen molar-refractivity contribution in [2.24, 2.45) is 0 Å². The first-order valence-corrected chi connectivity index (χ1v) is 8.95.